The lowest BCUT2D eigenvalue weighted by molar-refractivity contribution is 0.0817. The fourth-order valence-corrected chi connectivity index (χ4v) is 3.80. The van der Waals surface area contributed by atoms with Crippen LogP contribution in [0, 0.1) is 12.8 Å². The van der Waals surface area contributed by atoms with Crippen molar-refractivity contribution in [2.75, 3.05) is 13.7 Å². The maximum absolute atomic E-state index is 12.5. The number of fused-ring (bicyclic) bond motifs is 1. The van der Waals surface area contributed by atoms with Gasteiger partial charge in [0.15, 0.2) is 0 Å². The van der Waals surface area contributed by atoms with Gasteiger partial charge in [-0.05, 0) is 61.1 Å². The summed E-state index contributed by atoms with van der Waals surface area (Å²) in [4.78, 5) is 18.6. The largest absolute Gasteiger partial charge is 0.491 e. The van der Waals surface area contributed by atoms with Crippen molar-refractivity contribution >= 4 is 5.91 Å². The molecule has 27 heavy (non-hydrogen) atoms. The molecule has 0 fully saturated rings. The Kier molecular flexibility index (Phi) is 5.24. The van der Waals surface area contributed by atoms with Crippen molar-refractivity contribution in [3.05, 3.63) is 47.3 Å². The number of hydrogen-bond acceptors (Lipinski definition) is 4. The van der Waals surface area contributed by atoms with Crippen molar-refractivity contribution in [1.82, 2.24) is 9.88 Å². The first-order chi connectivity index (χ1) is 12.7. The zero-order chi connectivity index (χ0) is 19.8. The number of carbonyl (C=O) groups is 1. The van der Waals surface area contributed by atoms with E-state index in [0.717, 1.165) is 34.6 Å². The number of rotatable bonds is 6. The van der Waals surface area contributed by atoms with Crippen LogP contribution < -0.4 is 10.5 Å². The monoisotopic (exact) mass is 367 g/mol. The molecule has 0 radical (unpaired) electrons. The van der Waals surface area contributed by atoms with Gasteiger partial charge in [-0.15, -0.1) is 0 Å². The second kappa shape index (κ2) is 7.31. The first-order valence-corrected chi connectivity index (χ1v) is 9.44. The maximum atomic E-state index is 12.5. The molecule has 3 rings (SSSR count). The lowest BCUT2D eigenvalue weighted by atomic mass is 9.93. The van der Waals surface area contributed by atoms with Gasteiger partial charge < -0.3 is 15.4 Å². The Morgan fingerprint density at radius 2 is 2.07 bits per heavy atom. The van der Waals surface area contributed by atoms with Gasteiger partial charge in [0.05, 0.1) is 17.8 Å². The summed E-state index contributed by atoms with van der Waals surface area (Å²) in [6.07, 6.45) is 2.68. The molecule has 1 aliphatic heterocycles. The maximum Gasteiger partial charge on any atom is 0.256 e. The van der Waals surface area contributed by atoms with E-state index in [9.17, 15) is 4.79 Å². The van der Waals surface area contributed by atoms with E-state index in [1.165, 1.54) is 0 Å². The summed E-state index contributed by atoms with van der Waals surface area (Å²) in [5.41, 5.74) is 10.5. The van der Waals surface area contributed by atoms with Gasteiger partial charge in [0, 0.05) is 18.8 Å². The lowest BCUT2D eigenvalue weighted by Crippen LogP contribution is -2.43. The number of benzene rings is 1. The van der Waals surface area contributed by atoms with Gasteiger partial charge >= 0.3 is 0 Å². The standard InChI is InChI=1S/C22H29N3O2/c1-14(2)11-22(4,23)13-27-19-7-6-16(10-15(19)3)17-8-9-24-18-12-25(5)21(26)20(17)18/h6-10,14H,11-13,23H2,1-5H3/t22-/m0/s1. The summed E-state index contributed by atoms with van der Waals surface area (Å²) in [6, 6.07) is 7.93. The number of carbonyl (C=O) groups excluding carboxylic acids is 1. The molecular weight excluding hydrogens is 338 g/mol. The van der Waals surface area contributed by atoms with Gasteiger partial charge in [0.25, 0.3) is 5.91 Å². The summed E-state index contributed by atoms with van der Waals surface area (Å²) in [5.74, 6) is 1.38. The lowest BCUT2D eigenvalue weighted by Gasteiger charge is -2.27. The third-order valence-electron chi connectivity index (χ3n) is 4.89. The Labute approximate surface area is 161 Å². The van der Waals surface area contributed by atoms with Crippen molar-refractivity contribution in [3.63, 3.8) is 0 Å². The van der Waals surface area contributed by atoms with Gasteiger partial charge in [0.2, 0.25) is 0 Å². The molecule has 1 amide bonds. The number of ether oxygens (including phenoxy) is 1. The minimum atomic E-state index is -0.359. The fourth-order valence-electron chi connectivity index (χ4n) is 3.80. The summed E-state index contributed by atoms with van der Waals surface area (Å²) in [6.45, 7) is 9.41. The zero-order valence-corrected chi connectivity index (χ0v) is 16.9. The van der Waals surface area contributed by atoms with Gasteiger partial charge in [-0.25, -0.2) is 0 Å². The highest BCUT2D eigenvalue weighted by Crippen LogP contribution is 2.33. The number of aryl methyl sites for hydroxylation is 1. The van der Waals surface area contributed by atoms with E-state index in [1.807, 2.05) is 32.0 Å². The minimum absolute atomic E-state index is 0.0265. The normalized spacial score (nSPS) is 15.8. The van der Waals surface area contributed by atoms with Crippen LogP contribution in [-0.4, -0.2) is 35.0 Å². The molecule has 2 heterocycles. The quantitative estimate of drug-likeness (QED) is 0.843. The van der Waals surface area contributed by atoms with Crippen LogP contribution in [0.3, 0.4) is 0 Å². The Bertz CT molecular complexity index is 859. The van der Waals surface area contributed by atoms with Crippen LogP contribution in [0.5, 0.6) is 5.75 Å². The van der Waals surface area contributed by atoms with Gasteiger partial charge in [-0.2, -0.15) is 0 Å². The predicted octanol–water partition coefficient (Wildman–Crippen LogP) is 3.78. The van der Waals surface area contributed by atoms with E-state index >= 15 is 0 Å². The molecule has 2 N–H and O–H groups in total. The molecule has 1 atom stereocenters. The van der Waals surface area contributed by atoms with E-state index in [2.05, 4.69) is 24.9 Å². The topological polar surface area (TPSA) is 68.5 Å². The molecule has 0 unspecified atom stereocenters. The Balaban J connectivity index is 1.83. The molecule has 1 aliphatic rings. The molecule has 0 bridgehead atoms. The Morgan fingerprint density at radius 3 is 2.74 bits per heavy atom. The first kappa shape index (κ1) is 19.4. The highest BCUT2D eigenvalue weighted by molar-refractivity contribution is 6.03. The smallest absolute Gasteiger partial charge is 0.256 e. The number of nitrogens with two attached hydrogens (primary N) is 1. The molecule has 0 spiro atoms. The molecule has 5 nitrogen and oxygen atoms in total. The van der Waals surface area contributed by atoms with Crippen LogP contribution in [0.25, 0.3) is 11.1 Å². The van der Waals surface area contributed by atoms with E-state index in [-0.39, 0.29) is 11.4 Å². The molecule has 144 valence electrons. The number of hydrogen-bond donors (Lipinski definition) is 1. The number of nitrogens with zero attached hydrogens (tertiary/aromatic N) is 2. The van der Waals surface area contributed by atoms with Crippen LogP contribution in [0.4, 0.5) is 0 Å². The van der Waals surface area contributed by atoms with Crippen LogP contribution in [-0.2, 0) is 6.54 Å². The van der Waals surface area contributed by atoms with Crippen molar-refractivity contribution in [1.29, 1.82) is 0 Å². The highest BCUT2D eigenvalue weighted by atomic mass is 16.5. The molecule has 0 aliphatic carbocycles. The second-order valence-electron chi connectivity index (χ2n) is 8.36. The predicted molar refractivity (Wildman–Crippen MR) is 108 cm³/mol. The van der Waals surface area contributed by atoms with Gasteiger partial charge in [0.1, 0.15) is 12.4 Å². The van der Waals surface area contributed by atoms with Gasteiger partial charge in [-0.1, -0.05) is 19.9 Å². The molecule has 1 aromatic heterocycles. The molecular formula is C22H29N3O2. The summed E-state index contributed by atoms with van der Waals surface area (Å²) >= 11 is 0. The van der Waals surface area contributed by atoms with E-state index in [4.69, 9.17) is 10.5 Å². The number of aromatic nitrogens is 1. The number of amides is 1. The minimum Gasteiger partial charge on any atom is -0.491 e. The zero-order valence-electron chi connectivity index (χ0n) is 16.9. The average molecular weight is 367 g/mol. The Hall–Kier alpha value is -2.40. The Morgan fingerprint density at radius 1 is 1.33 bits per heavy atom. The first-order valence-electron chi connectivity index (χ1n) is 9.44. The van der Waals surface area contributed by atoms with Crippen LogP contribution in [0.2, 0.25) is 0 Å². The molecule has 2 aromatic rings. The van der Waals surface area contributed by atoms with Crippen molar-refractivity contribution in [2.24, 2.45) is 11.7 Å². The molecule has 0 saturated heterocycles. The summed E-state index contributed by atoms with van der Waals surface area (Å²) in [7, 11) is 1.80. The fraction of sp³-hybridized carbons (Fsp3) is 0.455. The third-order valence-corrected chi connectivity index (χ3v) is 4.89. The highest BCUT2D eigenvalue weighted by Gasteiger charge is 2.29. The van der Waals surface area contributed by atoms with Crippen molar-refractivity contribution in [2.45, 2.75) is 46.2 Å². The van der Waals surface area contributed by atoms with E-state index < -0.39 is 0 Å². The molecule has 0 saturated carbocycles. The van der Waals surface area contributed by atoms with Crippen LogP contribution in [0.15, 0.2) is 30.5 Å². The average Bonchev–Trinajstić information content (AvgIpc) is 2.87. The SMILES string of the molecule is Cc1cc(-c2ccnc3c2C(=O)N(C)C3)ccc1OC[C@@](C)(N)CC(C)C. The summed E-state index contributed by atoms with van der Waals surface area (Å²) in [5, 5.41) is 0. The number of pyridine rings is 1. The van der Waals surface area contributed by atoms with Crippen LogP contribution >= 0.6 is 0 Å². The second-order valence-corrected chi connectivity index (χ2v) is 8.36. The molecule has 5 heteroatoms. The van der Waals surface area contributed by atoms with Crippen molar-refractivity contribution < 1.29 is 9.53 Å². The summed E-state index contributed by atoms with van der Waals surface area (Å²) < 4.78 is 6.01. The van der Waals surface area contributed by atoms with E-state index in [0.29, 0.717) is 24.6 Å². The van der Waals surface area contributed by atoms with E-state index in [1.54, 1.807) is 18.1 Å². The molecule has 1 aromatic carbocycles. The third kappa shape index (κ3) is 4.14. The van der Waals surface area contributed by atoms with Crippen molar-refractivity contribution in [3.8, 4) is 16.9 Å². The van der Waals surface area contributed by atoms with Crippen LogP contribution in [0.1, 0.15) is 48.8 Å². The van der Waals surface area contributed by atoms with Gasteiger partial charge in [-0.3, -0.25) is 9.78 Å².